The summed E-state index contributed by atoms with van der Waals surface area (Å²) in [4.78, 5) is 0.230. The molecule has 0 aromatic heterocycles. The topological polar surface area (TPSA) is 72.2 Å². The van der Waals surface area contributed by atoms with Gasteiger partial charge in [-0.2, -0.15) is 0 Å². The van der Waals surface area contributed by atoms with E-state index in [-0.39, 0.29) is 10.9 Å². The van der Waals surface area contributed by atoms with Gasteiger partial charge in [0.05, 0.1) is 4.90 Å². The summed E-state index contributed by atoms with van der Waals surface area (Å²) in [5.74, 6) is 0.429. The molecule has 1 atom stereocenters. The Hall–Kier alpha value is -0.910. The highest BCUT2D eigenvalue weighted by atomic mass is 32.2. The lowest BCUT2D eigenvalue weighted by Crippen LogP contribution is -2.36. The monoisotopic (exact) mass is 270 g/mol. The van der Waals surface area contributed by atoms with Gasteiger partial charge in [0.2, 0.25) is 10.0 Å². The van der Waals surface area contributed by atoms with Crippen LogP contribution < -0.4 is 10.5 Å². The molecule has 1 unspecified atom stereocenters. The molecule has 0 aliphatic heterocycles. The quantitative estimate of drug-likeness (QED) is 0.823. The molecule has 1 aromatic carbocycles. The number of primary sulfonamides is 1. The van der Waals surface area contributed by atoms with Gasteiger partial charge in [-0.1, -0.05) is 39.0 Å². The number of hydrogen-bond donors (Lipinski definition) is 2. The van der Waals surface area contributed by atoms with Crippen molar-refractivity contribution in [1.82, 2.24) is 5.32 Å². The highest BCUT2D eigenvalue weighted by Crippen LogP contribution is 2.18. The van der Waals surface area contributed by atoms with Gasteiger partial charge in [0.15, 0.2) is 0 Å². The van der Waals surface area contributed by atoms with E-state index in [0.717, 1.165) is 12.1 Å². The van der Waals surface area contributed by atoms with Gasteiger partial charge in [-0.3, -0.25) is 0 Å². The summed E-state index contributed by atoms with van der Waals surface area (Å²) in [5.41, 5.74) is 0.777. The van der Waals surface area contributed by atoms with Crippen LogP contribution in [0.3, 0.4) is 0 Å². The van der Waals surface area contributed by atoms with Crippen molar-refractivity contribution >= 4 is 10.0 Å². The van der Waals surface area contributed by atoms with Gasteiger partial charge in [-0.15, -0.1) is 0 Å². The van der Waals surface area contributed by atoms with E-state index >= 15 is 0 Å². The van der Waals surface area contributed by atoms with Crippen LogP contribution in [0.2, 0.25) is 0 Å². The first-order chi connectivity index (χ1) is 8.36. The Kier molecular flexibility index (Phi) is 5.31. The average Bonchev–Trinajstić information content (AvgIpc) is 2.27. The maximum Gasteiger partial charge on any atom is 0.238 e. The molecule has 0 heterocycles. The van der Waals surface area contributed by atoms with Gasteiger partial charge in [-0.05, 0) is 30.5 Å². The predicted molar refractivity (Wildman–Crippen MR) is 73.8 cm³/mol. The molecule has 0 fully saturated rings. The van der Waals surface area contributed by atoms with Crippen LogP contribution >= 0.6 is 0 Å². The van der Waals surface area contributed by atoms with E-state index < -0.39 is 10.0 Å². The Bertz CT molecular complexity index is 484. The fourth-order valence-corrected chi connectivity index (χ4v) is 2.78. The molecule has 4 nitrogen and oxygen atoms in total. The zero-order valence-corrected chi connectivity index (χ0v) is 12.0. The van der Waals surface area contributed by atoms with E-state index in [9.17, 15) is 8.42 Å². The third-order valence-electron chi connectivity index (χ3n) is 2.99. The second-order valence-corrected chi connectivity index (χ2v) is 6.29. The van der Waals surface area contributed by atoms with Crippen molar-refractivity contribution < 1.29 is 8.42 Å². The molecule has 0 aliphatic carbocycles. The van der Waals surface area contributed by atoms with E-state index in [0.29, 0.717) is 12.3 Å². The Morgan fingerprint density at radius 3 is 2.39 bits per heavy atom. The normalized spacial score (nSPS) is 13.8. The summed E-state index contributed by atoms with van der Waals surface area (Å²) in [6, 6.07) is 7.17. The lowest BCUT2D eigenvalue weighted by Gasteiger charge is -2.22. The maximum atomic E-state index is 11.5. The predicted octanol–water partition coefficient (Wildman–Crippen LogP) is 1.51. The molecule has 18 heavy (non-hydrogen) atoms. The zero-order valence-electron chi connectivity index (χ0n) is 11.2. The Morgan fingerprint density at radius 1 is 1.28 bits per heavy atom. The largest absolute Gasteiger partial charge is 0.314 e. The van der Waals surface area contributed by atoms with E-state index in [4.69, 9.17) is 5.14 Å². The SMILES string of the molecule is CCNC(Cc1ccccc1S(N)(=O)=O)C(C)C. The van der Waals surface area contributed by atoms with Crippen molar-refractivity contribution in [1.29, 1.82) is 0 Å². The molecule has 0 saturated carbocycles. The van der Waals surface area contributed by atoms with Gasteiger partial charge in [-0.25, -0.2) is 13.6 Å². The standard InChI is InChI=1S/C13H22N2O2S/c1-4-15-12(10(2)3)9-11-7-5-6-8-13(11)18(14,16)17/h5-8,10,12,15H,4,9H2,1-3H3,(H2,14,16,17). The van der Waals surface area contributed by atoms with Crippen LogP contribution in [0, 0.1) is 5.92 Å². The first kappa shape index (κ1) is 15.1. The summed E-state index contributed by atoms with van der Waals surface area (Å²) in [5, 5.41) is 8.61. The smallest absolute Gasteiger partial charge is 0.238 e. The van der Waals surface area contributed by atoms with Gasteiger partial charge < -0.3 is 5.32 Å². The van der Waals surface area contributed by atoms with Crippen molar-refractivity contribution in [3.05, 3.63) is 29.8 Å². The molecular formula is C13H22N2O2S. The molecule has 0 bridgehead atoms. The Morgan fingerprint density at radius 2 is 1.89 bits per heavy atom. The van der Waals surface area contributed by atoms with Crippen LogP contribution in [0.15, 0.2) is 29.2 Å². The van der Waals surface area contributed by atoms with Crippen molar-refractivity contribution in [2.24, 2.45) is 11.1 Å². The fourth-order valence-electron chi connectivity index (χ4n) is 1.99. The average molecular weight is 270 g/mol. The van der Waals surface area contributed by atoms with E-state index in [1.54, 1.807) is 12.1 Å². The number of likely N-dealkylation sites (N-methyl/N-ethyl adjacent to an activating group) is 1. The highest BCUT2D eigenvalue weighted by Gasteiger charge is 2.18. The Labute approximate surface area is 110 Å². The number of rotatable bonds is 6. The molecule has 0 radical (unpaired) electrons. The lowest BCUT2D eigenvalue weighted by molar-refractivity contribution is 0.403. The molecule has 0 spiro atoms. The Balaban J connectivity index is 3.03. The van der Waals surface area contributed by atoms with Crippen LogP contribution in [0.4, 0.5) is 0 Å². The first-order valence-electron chi connectivity index (χ1n) is 6.20. The number of hydrogen-bond acceptors (Lipinski definition) is 3. The second kappa shape index (κ2) is 6.31. The number of sulfonamides is 1. The van der Waals surface area contributed by atoms with E-state index in [2.05, 4.69) is 19.2 Å². The summed E-state index contributed by atoms with van der Waals surface area (Å²) in [6.07, 6.45) is 0.665. The minimum absolute atomic E-state index is 0.230. The molecule has 1 rings (SSSR count). The van der Waals surface area contributed by atoms with Crippen LogP contribution in [0.1, 0.15) is 26.3 Å². The summed E-state index contributed by atoms with van der Waals surface area (Å²) in [7, 11) is -3.65. The second-order valence-electron chi connectivity index (χ2n) is 4.77. The van der Waals surface area contributed by atoms with E-state index in [1.165, 1.54) is 0 Å². The van der Waals surface area contributed by atoms with Gasteiger partial charge >= 0.3 is 0 Å². The molecule has 0 amide bonds. The number of nitrogens with one attached hydrogen (secondary N) is 1. The molecular weight excluding hydrogens is 248 g/mol. The lowest BCUT2D eigenvalue weighted by atomic mass is 9.96. The van der Waals surface area contributed by atoms with E-state index in [1.807, 2.05) is 19.1 Å². The summed E-state index contributed by atoms with van der Waals surface area (Å²) < 4.78 is 23.0. The van der Waals surface area contributed by atoms with Gasteiger partial charge in [0.1, 0.15) is 0 Å². The minimum atomic E-state index is -3.65. The van der Waals surface area contributed by atoms with Crippen molar-refractivity contribution in [3.8, 4) is 0 Å². The third kappa shape index (κ3) is 4.08. The van der Waals surface area contributed by atoms with Crippen molar-refractivity contribution in [3.63, 3.8) is 0 Å². The van der Waals surface area contributed by atoms with Crippen LogP contribution in [-0.2, 0) is 16.4 Å². The minimum Gasteiger partial charge on any atom is -0.314 e. The van der Waals surface area contributed by atoms with Gasteiger partial charge in [0, 0.05) is 6.04 Å². The molecule has 3 N–H and O–H groups in total. The molecule has 0 aliphatic rings. The van der Waals surface area contributed by atoms with Crippen molar-refractivity contribution in [2.45, 2.75) is 38.1 Å². The van der Waals surface area contributed by atoms with Gasteiger partial charge in [0.25, 0.3) is 0 Å². The summed E-state index contributed by atoms with van der Waals surface area (Å²) >= 11 is 0. The fraction of sp³-hybridized carbons (Fsp3) is 0.538. The number of nitrogens with two attached hydrogens (primary N) is 1. The third-order valence-corrected chi connectivity index (χ3v) is 4.00. The maximum absolute atomic E-state index is 11.5. The van der Waals surface area contributed by atoms with Crippen LogP contribution in [-0.4, -0.2) is 21.0 Å². The first-order valence-corrected chi connectivity index (χ1v) is 7.75. The van der Waals surface area contributed by atoms with Crippen molar-refractivity contribution in [2.75, 3.05) is 6.54 Å². The van der Waals surface area contributed by atoms with Crippen LogP contribution in [0.5, 0.6) is 0 Å². The number of benzene rings is 1. The summed E-state index contributed by atoms with van der Waals surface area (Å²) in [6.45, 7) is 7.14. The zero-order chi connectivity index (χ0) is 13.8. The van der Waals surface area contributed by atoms with Crippen LogP contribution in [0.25, 0.3) is 0 Å². The molecule has 0 saturated heterocycles. The molecule has 102 valence electrons. The highest BCUT2D eigenvalue weighted by molar-refractivity contribution is 7.89. The molecule has 1 aromatic rings. The molecule has 5 heteroatoms.